The molecule has 28 heavy (non-hydrogen) atoms. The average molecular weight is 390 g/mol. The molecule has 0 spiro atoms. The van der Waals surface area contributed by atoms with Crippen molar-refractivity contribution >= 4 is 12.0 Å². The first-order valence-corrected chi connectivity index (χ1v) is 9.75. The van der Waals surface area contributed by atoms with Crippen LogP contribution in [0.4, 0.5) is 4.79 Å². The van der Waals surface area contributed by atoms with E-state index in [0.29, 0.717) is 23.6 Å². The smallest absolute Gasteiger partial charge is 0.338 e. The van der Waals surface area contributed by atoms with Crippen LogP contribution in [0, 0.1) is 0 Å². The van der Waals surface area contributed by atoms with E-state index in [1.54, 1.807) is 12.0 Å². The van der Waals surface area contributed by atoms with Crippen LogP contribution in [0.1, 0.15) is 18.5 Å². The van der Waals surface area contributed by atoms with Crippen molar-refractivity contribution in [2.24, 2.45) is 0 Å². The number of benzene rings is 1. The van der Waals surface area contributed by atoms with Gasteiger partial charge in [0, 0.05) is 0 Å². The molecule has 0 bridgehead atoms. The third-order valence-corrected chi connectivity index (χ3v) is 5.58. The number of ether oxygens (including phenoxy) is 2. The molecule has 152 valence electrons. The number of hydrogen-bond acceptors (Lipinski definition) is 4. The van der Waals surface area contributed by atoms with Crippen molar-refractivity contribution in [2.45, 2.75) is 13.0 Å². The monoisotopic (exact) mass is 390 g/mol. The minimum Gasteiger partial charge on any atom is -0.497 e. The Bertz CT molecular complexity index is 756. The molecule has 1 aromatic carbocycles. The van der Waals surface area contributed by atoms with Crippen molar-refractivity contribution in [3.63, 3.8) is 0 Å². The Hall–Kier alpha value is -2.58. The van der Waals surface area contributed by atoms with E-state index < -0.39 is 12.0 Å². The van der Waals surface area contributed by atoms with Crippen LogP contribution in [0.15, 0.2) is 35.5 Å². The molecule has 3 rings (SSSR count). The molecule has 2 amide bonds. The molecule has 4 N–H and O–H groups in total. The topological polar surface area (TPSA) is 85.5 Å². The number of rotatable bonds is 6. The maximum Gasteiger partial charge on any atom is 0.338 e. The number of amides is 2. The van der Waals surface area contributed by atoms with E-state index in [9.17, 15) is 9.59 Å². The highest BCUT2D eigenvalue weighted by Gasteiger charge is 2.36. The Labute approximate surface area is 165 Å². The molecule has 1 aromatic rings. The van der Waals surface area contributed by atoms with Gasteiger partial charge in [0.1, 0.15) is 38.5 Å². The first-order valence-electron chi connectivity index (χ1n) is 9.75. The number of hydrogen-bond donors (Lipinski definition) is 4. The standard InChI is InChI=1S/C20H28N4O4/c1-4-23-8-10-24(11-9-23)13-16-17(19(25)28-3)18(22-20(26)21-16)14-6-5-7-15(12-14)27-2/h5-7,12,18H,4,8-11,13H2,1-3H3,(H2,21,22,26)/p+2/t18-/m1/s1. The molecule has 0 radical (unpaired) electrons. The first kappa shape index (κ1) is 20.2. The summed E-state index contributed by atoms with van der Waals surface area (Å²) in [6.07, 6.45) is 0. The van der Waals surface area contributed by atoms with Crippen LogP contribution in [0.3, 0.4) is 0 Å². The summed E-state index contributed by atoms with van der Waals surface area (Å²) < 4.78 is 10.4. The van der Waals surface area contributed by atoms with Crippen molar-refractivity contribution in [3.05, 3.63) is 41.1 Å². The van der Waals surface area contributed by atoms with Gasteiger partial charge in [-0.3, -0.25) is 0 Å². The minimum absolute atomic E-state index is 0.312. The van der Waals surface area contributed by atoms with Crippen LogP contribution >= 0.6 is 0 Å². The average Bonchev–Trinajstić information content (AvgIpc) is 2.73. The van der Waals surface area contributed by atoms with Gasteiger partial charge in [-0.1, -0.05) is 12.1 Å². The fourth-order valence-corrected chi connectivity index (χ4v) is 3.92. The first-order chi connectivity index (χ1) is 13.5. The SMILES string of the molecule is CC[NH+]1CC[NH+](CC2=C(C(=O)OC)[C@@H](c3cccc(OC)c3)NC(=O)N2)CC1. The van der Waals surface area contributed by atoms with Gasteiger partial charge in [0.2, 0.25) is 0 Å². The molecule has 2 aliphatic rings. The summed E-state index contributed by atoms with van der Waals surface area (Å²) in [5.41, 5.74) is 1.87. The van der Waals surface area contributed by atoms with Crippen LogP contribution in [0.2, 0.25) is 0 Å². The lowest BCUT2D eigenvalue weighted by molar-refractivity contribution is -1.01. The molecule has 8 nitrogen and oxygen atoms in total. The molecule has 1 fully saturated rings. The zero-order valence-corrected chi connectivity index (χ0v) is 16.8. The van der Waals surface area contributed by atoms with Gasteiger partial charge in [-0.05, 0) is 24.6 Å². The summed E-state index contributed by atoms with van der Waals surface area (Å²) in [6.45, 7) is 8.13. The molecule has 0 aromatic heterocycles. The van der Waals surface area contributed by atoms with Gasteiger partial charge in [-0.15, -0.1) is 0 Å². The van der Waals surface area contributed by atoms with Crippen LogP contribution < -0.4 is 25.2 Å². The fraction of sp³-hybridized carbons (Fsp3) is 0.500. The highest BCUT2D eigenvalue weighted by Crippen LogP contribution is 2.29. The van der Waals surface area contributed by atoms with Gasteiger partial charge < -0.3 is 29.9 Å². The number of quaternary nitrogens is 2. The summed E-state index contributed by atoms with van der Waals surface area (Å²) in [5.74, 6) is 0.230. The largest absolute Gasteiger partial charge is 0.497 e. The number of carbonyl (C=O) groups is 2. The highest BCUT2D eigenvalue weighted by molar-refractivity contribution is 5.95. The Kier molecular flexibility index (Phi) is 6.53. The maximum absolute atomic E-state index is 12.6. The lowest BCUT2D eigenvalue weighted by Crippen LogP contribution is -3.28. The quantitative estimate of drug-likeness (QED) is 0.436. The molecule has 1 atom stereocenters. The van der Waals surface area contributed by atoms with Crippen molar-refractivity contribution in [3.8, 4) is 5.75 Å². The van der Waals surface area contributed by atoms with E-state index in [1.807, 2.05) is 24.3 Å². The second-order valence-electron chi connectivity index (χ2n) is 7.22. The fourth-order valence-electron chi connectivity index (χ4n) is 3.92. The summed E-state index contributed by atoms with van der Waals surface area (Å²) in [7, 11) is 2.95. The number of esters is 1. The van der Waals surface area contributed by atoms with Gasteiger partial charge in [0.15, 0.2) is 0 Å². The zero-order chi connectivity index (χ0) is 20.1. The van der Waals surface area contributed by atoms with Gasteiger partial charge in [0.25, 0.3) is 0 Å². The number of nitrogens with one attached hydrogen (secondary N) is 4. The highest BCUT2D eigenvalue weighted by atomic mass is 16.5. The number of methoxy groups -OCH3 is 2. The van der Waals surface area contributed by atoms with Crippen molar-refractivity contribution < 1.29 is 28.9 Å². The Balaban J connectivity index is 1.91. The number of likely N-dealkylation sites (N-methyl/N-ethyl adjacent to an activating group) is 1. The Morgan fingerprint density at radius 1 is 1.18 bits per heavy atom. The van der Waals surface area contributed by atoms with Crippen LogP contribution in [-0.2, 0) is 9.53 Å². The summed E-state index contributed by atoms with van der Waals surface area (Å²) in [5, 5.41) is 5.71. The van der Waals surface area contributed by atoms with Crippen LogP contribution in [0.5, 0.6) is 5.75 Å². The number of carbonyl (C=O) groups excluding carboxylic acids is 2. The van der Waals surface area contributed by atoms with Crippen molar-refractivity contribution in [1.29, 1.82) is 0 Å². The molecule has 0 saturated carbocycles. The van der Waals surface area contributed by atoms with Crippen LogP contribution in [-0.4, -0.2) is 65.5 Å². The molecule has 2 heterocycles. The summed E-state index contributed by atoms with van der Waals surface area (Å²) in [6, 6.07) is 6.48. The van der Waals surface area contributed by atoms with E-state index in [0.717, 1.165) is 38.3 Å². The van der Waals surface area contributed by atoms with Gasteiger partial charge in [-0.25, -0.2) is 9.59 Å². The van der Waals surface area contributed by atoms with E-state index in [4.69, 9.17) is 9.47 Å². The van der Waals surface area contributed by atoms with E-state index in [1.165, 1.54) is 12.0 Å². The number of urea groups is 1. The van der Waals surface area contributed by atoms with Crippen molar-refractivity contribution in [1.82, 2.24) is 10.6 Å². The summed E-state index contributed by atoms with van der Waals surface area (Å²) >= 11 is 0. The molecule has 1 saturated heterocycles. The lowest BCUT2D eigenvalue weighted by atomic mass is 9.94. The summed E-state index contributed by atoms with van der Waals surface area (Å²) in [4.78, 5) is 28.0. The predicted octanol–water partition coefficient (Wildman–Crippen LogP) is -1.72. The molecular weight excluding hydrogens is 360 g/mol. The molecule has 8 heteroatoms. The van der Waals surface area contributed by atoms with Crippen molar-refractivity contribution in [2.75, 3.05) is 53.5 Å². The maximum atomic E-state index is 12.6. The van der Waals surface area contributed by atoms with E-state index in [-0.39, 0.29) is 6.03 Å². The second-order valence-corrected chi connectivity index (χ2v) is 7.22. The lowest BCUT2D eigenvalue weighted by Gasteiger charge is -2.33. The third-order valence-electron chi connectivity index (χ3n) is 5.58. The number of piperazine rings is 1. The normalized spacial score (nSPS) is 25.0. The van der Waals surface area contributed by atoms with Gasteiger partial charge >= 0.3 is 12.0 Å². The van der Waals surface area contributed by atoms with Gasteiger partial charge in [-0.2, -0.15) is 0 Å². The third kappa shape index (κ3) is 4.45. The van der Waals surface area contributed by atoms with Crippen LogP contribution in [0.25, 0.3) is 0 Å². The van der Waals surface area contributed by atoms with Gasteiger partial charge in [0.05, 0.1) is 38.1 Å². The minimum atomic E-state index is -0.576. The Morgan fingerprint density at radius 3 is 2.54 bits per heavy atom. The second kappa shape index (κ2) is 9.07. The molecule has 0 unspecified atom stereocenters. The van der Waals surface area contributed by atoms with E-state index >= 15 is 0 Å². The molecule has 2 aliphatic heterocycles. The van der Waals surface area contributed by atoms with E-state index in [2.05, 4.69) is 17.6 Å². The molecule has 0 aliphatic carbocycles. The Morgan fingerprint density at radius 2 is 1.89 bits per heavy atom. The predicted molar refractivity (Wildman–Crippen MR) is 103 cm³/mol. The zero-order valence-electron chi connectivity index (χ0n) is 16.8. The molecular formula is C20H30N4O4+2.